The number of amides is 2. The van der Waals surface area contributed by atoms with Gasteiger partial charge in [-0.2, -0.15) is 13.2 Å². The largest absolute Gasteiger partial charge is 0.416 e. The first-order valence-corrected chi connectivity index (χ1v) is 10.2. The third-order valence-electron chi connectivity index (χ3n) is 4.89. The molecular formula is C19H24ClF3N4O4. The summed E-state index contributed by atoms with van der Waals surface area (Å²) in [6.07, 6.45) is -4.68. The molecular weight excluding hydrogens is 441 g/mol. The second-order valence-electron chi connectivity index (χ2n) is 7.26. The third-order valence-corrected chi connectivity index (χ3v) is 5.30. The number of morpholine rings is 2. The van der Waals surface area contributed by atoms with Gasteiger partial charge in [0.1, 0.15) is 0 Å². The first-order chi connectivity index (χ1) is 14.7. The number of anilines is 2. The number of benzene rings is 1. The highest BCUT2D eigenvalue weighted by molar-refractivity contribution is 6.37. The summed E-state index contributed by atoms with van der Waals surface area (Å²) in [5, 5.41) is 4.70. The van der Waals surface area contributed by atoms with E-state index in [4.69, 9.17) is 21.1 Å². The maximum Gasteiger partial charge on any atom is 0.416 e. The molecule has 0 unspecified atom stereocenters. The molecule has 1 aromatic carbocycles. The summed E-state index contributed by atoms with van der Waals surface area (Å²) in [7, 11) is 0. The summed E-state index contributed by atoms with van der Waals surface area (Å²) < 4.78 is 50.6. The quantitative estimate of drug-likeness (QED) is 0.669. The predicted molar refractivity (Wildman–Crippen MR) is 108 cm³/mol. The summed E-state index contributed by atoms with van der Waals surface area (Å²) in [6, 6.07) is 1.52. The fourth-order valence-electron chi connectivity index (χ4n) is 3.27. The predicted octanol–water partition coefficient (Wildman–Crippen LogP) is 1.90. The topological polar surface area (TPSA) is 83.1 Å². The van der Waals surface area contributed by atoms with Gasteiger partial charge in [0.2, 0.25) is 11.8 Å². The lowest BCUT2D eigenvalue weighted by molar-refractivity contribution is -0.137. The summed E-state index contributed by atoms with van der Waals surface area (Å²) in [5.74, 6) is -1.01. The van der Waals surface area contributed by atoms with Crippen LogP contribution in [0.15, 0.2) is 12.1 Å². The number of hydrogen-bond acceptors (Lipinski definition) is 6. The minimum atomic E-state index is -4.68. The van der Waals surface area contributed by atoms with Gasteiger partial charge in [-0.15, -0.1) is 0 Å². The van der Waals surface area contributed by atoms with Crippen LogP contribution in [-0.2, 0) is 25.2 Å². The molecule has 2 fully saturated rings. The Hall–Kier alpha value is -1.92. The normalized spacial score (nSPS) is 18.6. The van der Waals surface area contributed by atoms with Crippen molar-refractivity contribution in [3.8, 4) is 0 Å². The summed E-state index contributed by atoms with van der Waals surface area (Å²) in [5.41, 5.74) is -1.45. The summed E-state index contributed by atoms with van der Waals surface area (Å²) in [4.78, 5) is 28.4. The van der Waals surface area contributed by atoms with E-state index in [2.05, 4.69) is 10.6 Å². The zero-order chi connectivity index (χ0) is 22.4. The van der Waals surface area contributed by atoms with Crippen molar-refractivity contribution in [2.45, 2.75) is 6.18 Å². The molecule has 31 heavy (non-hydrogen) atoms. The molecule has 2 N–H and O–H groups in total. The van der Waals surface area contributed by atoms with E-state index in [1.54, 1.807) is 0 Å². The average molecular weight is 465 g/mol. The van der Waals surface area contributed by atoms with Gasteiger partial charge in [0.05, 0.1) is 61.5 Å². The molecule has 0 aliphatic carbocycles. The van der Waals surface area contributed by atoms with E-state index < -0.39 is 23.6 Å². The lowest BCUT2D eigenvalue weighted by atomic mass is 10.1. The van der Waals surface area contributed by atoms with E-state index in [0.717, 1.165) is 12.1 Å². The molecule has 0 aromatic heterocycles. The van der Waals surface area contributed by atoms with Crippen LogP contribution < -0.4 is 10.6 Å². The zero-order valence-electron chi connectivity index (χ0n) is 16.8. The number of alkyl halides is 3. The molecule has 8 nitrogen and oxygen atoms in total. The number of carbonyl (C=O) groups excluding carboxylic acids is 2. The van der Waals surface area contributed by atoms with Gasteiger partial charge in [0.25, 0.3) is 0 Å². The van der Waals surface area contributed by atoms with Gasteiger partial charge in [-0.05, 0) is 12.1 Å². The van der Waals surface area contributed by atoms with Gasteiger partial charge in [-0.3, -0.25) is 19.4 Å². The molecule has 2 amide bonds. The molecule has 0 saturated carbocycles. The minimum Gasteiger partial charge on any atom is -0.379 e. The van der Waals surface area contributed by atoms with E-state index >= 15 is 0 Å². The fraction of sp³-hybridized carbons (Fsp3) is 0.579. The van der Waals surface area contributed by atoms with Gasteiger partial charge in [-0.1, -0.05) is 11.6 Å². The minimum absolute atomic E-state index is 0.00530. The Kier molecular flexibility index (Phi) is 8.11. The van der Waals surface area contributed by atoms with Crippen molar-refractivity contribution in [2.24, 2.45) is 0 Å². The molecule has 0 radical (unpaired) electrons. The highest BCUT2D eigenvalue weighted by Crippen LogP contribution is 2.38. The number of nitrogens with one attached hydrogen (secondary N) is 2. The SMILES string of the molecule is O=C(CN1CCOCC1)Nc1cc(C(F)(F)F)cc(NC(=O)CN2CCOCC2)c1Cl. The Labute approximate surface area is 182 Å². The highest BCUT2D eigenvalue weighted by Gasteiger charge is 2.33. The molecule has 1 aromatic rings. The van der Waals surface area contributed by atoms with Crippen LogP contribution >= 0.6 is 11.6 Å². The molecule has 12 heteroatoms. The monoisotopic (exact) mass is 464 g/mol. The first kappa shape index (κ1) is 23.7. The van der Waals surface area contributed by atoms with Gasteiger partial charge >= 0.3 is 6.18 Å². The molecule has 2 saturated heterocycles. The number of nitrogens with zero attached hydrogens (tertiary/aromatic N) is 2. The molecule has 2 aliphatic heterocycles. The van der Waals surface area contributed by atoms with E-state index in [-0.39, 0.29) is 29.5 Å². The van der Waals surface area contributed by atoms with Crippen molar-refractivity contribution in [3.63, 3.8) is 0 Å². The Morgan fingerprint density at radius 3 is 1.61 bits per heavy atom. The molecule has 172 valence electrons. The van der Waals surface area contributed by atoms with Crippen molar-refractivity contribution < 1.29 is 32.2 Å². The van der Waals surface area contributed by atoms with Gasteiger partial charge < -0.3 is 20.1 Å². The fourth-order valence-corrected chi connectivity index (χ4v) is 3.48. The summed E-state index contributed by atoms with van der Waals surface area (Å²) >= 11 is 6.24. The first-order valence-electron chi connectivity index (χ1n) is 9.83. The molecule has 0 bridgehead atoms. The average Bonchev–Trinajstić information content (AvgIpc) is 2.71. The van der Waals surface area contributed by atoms with Gasteiger partial charge in [0.15, 0.2) is 0 Å². The lowest BCUT2D eigenvalue weighted by Gasteiger charge is -2.26. The van der Waals surface area contributed by atoms with E-state index in [1.807, 2.05) is 9.80 Å². The van der Waals surface area contributed by atoms with Crippen LogP contribution in [0.1, 0.15) is 5.56 Å². The second-order valence-corrected chi connectivity index (χ2v) is 7.63. The van der Waals surface area contributed by atoms with Gasteiger partial charge in [-0.25, -0.2) is 0 Å². The standard InChI is InChI=1S/C19H24ClF3N4O4/c20-18-14(24-16(28)11-26-1-5-30-6-2-26)9-13(19(21,22)23)10-15(18)25-17(29)12-27-3-7-31-8-4-27/h9-10H,1-8,11-12H2,(H,24,28)(H,25,29). The maximum atomic E-state index is 13.4. The van der Waals surface area contributed by atoms with E-state index in [0.29, 0.717) is 52.6 Å². The van der Waals surface area contributed by atoms with Crippen molar-refractivity contribution in [1.29, 1.82) is 0 Å². The van der Waals surface area contributed by atoms with Crippen LogP contribution in [0.3, 0.4) is 0 Å². The zero-order valence-corrected chi connectivity index (χ0v) is 17.5. The number of halogens is 4. The Morgan fingerprint density at radius 2 is 1.26 bits per heavy atom. The molecule has 3 rings (SSSR count). The van der Waals surface area contributed by atoms with Crippen LogP contribution in [0.5, 0.6) is 0 Å². The van der Waals surface area contributed by atoms with E-state index in [1.165, 1.54) is 0 Å². The Balaban J connectivity index is 1.73. The maximum absolute atomic E-state index is 13.4. The van der Waals surface area contributed by atoms with Crippen LogP contribution in [0, 0.1) is 0 Å². The molecule has 2 aliphatic rings. The van der Waals surface area contributed by atoms with Crippen molar-refractivity contribution in [3.05, 3.63) is 22.7 Å². The molecule has 2 heterocycles. The Bertz CT molecular complexity index is 742. The van der Waals surface area contributed by atoms with Crippen molar-refractivity contribution >= 4 is 34.8 Å². The second kappa shape index (κ2) is 10.6. The smallest absolute Gasteiger partial charge is 0.379 e. The Morgan fingerprint density at radius 1 is 0.871 bits per heavy atom. The van der Waals surface area contributed by atoms with Crippen molar-refractivity contribution in [1.82, 2.24) is 9.80 Å². The number of hydrogen-bond donors (Lipinski definition) is 2. The third kappa shape index (κ3) is 7.04. The highest BCUT2D eigenvalue weighted by atomic mass is 35.5. The number of ether oxygens (including phenoxy) is 2. The number of rotatable bonds is 6. The lowest BCUT2D eigenvalue weighted by Crippen LogP contribution is -2.41. The molecule has 0 spiro atoms. The van der Waals surface area contributed by atoms with E-state index in [9.17, 15) is 22.8 Å². The number of carbonyl (C=O) groups is 2. The van der Waals surface area contributed by atoms with Crippen LogP contribution in [0.4, 0.5) is 24.5 Å². The van der Waals surface area contributed by atoms with Crippen LogP contribution in [0.25, 0.3) is 0 Å². The van der Waals surface area contributed by atoms with Crippen LogP contribution in [-0.4, -0.2) is 87.3 Å². The summed E-state index contributed by atoms with van der Waals surface area (Å²) in [6.45, 7) is 4.11. The van der Waals surface area contributed by atoms with Crippen molar-refractivity contribution in [2.75, 3.05) is 76.3 Å². The van der Waals surface area contributed by atoms with Gasteiger partial charge in [0, 0.05) is 26.2 Å². The molecule has 0 atom stereocenters. The van der Waals surface area contributed by atoms with Crippen LogP contribution in [0.2, 0.25) is 5.02 Å².